The van der Waals surface area contributed by atoms with E-state index in [1.54, 1.807) is 0 Å². The topological polar surface area (TPSA) is 68.3 Å². The number of carbonyl (C=O) groups excluding carboxylic acids is 2. The molecule has 0 saturated heterocycles. The van der Waals surface area contributed by atoms with Crippen molar-refractivity contribution in [1.82, 2.24) is 0 Å². The van der Waals surface area contributed by atoms with Crippen molar-refractivity contribution in [3.63, 3.8) is 0 Å². The van der Waals surface area contributed by atoms with Gasteiger partial charge < -0.3 is 0 Å². The second-order valence-electron chi connectivity index (χ2n) is 3.63. The van der Waals surface area contributed by atoms with E-state index in [9.17, 15) is 9.59 Å². The van der Waals surface area contributed by atoms with Gasteiger partial charge in [0, 0.05) is 40.7 Å². The summed E-state index contributed by atoms with van der Waals surface area (Å²) in [6.45, 7) is 4.19. The zero-order chi connectivity index (χ0) is 14.0. The number of ketones is 2. The van der Waals surface area contributed by atoms with Gasteiger partial charge in [-0.25, -0.2) is 0 Å². The summed E-state index contributed by atoms with van der Waals surface area (Å²) in [6.07, 6.45) is 5.01. The summed E-state index contributed by atoms with van der Waals surface area (Å²) >= 11 is 0. The van der Waals surface area contributed by atoms with Gasteiger partial charge in [0.1, 0.15) is 0 Å². The van der Waals surface area contributed by atoms with Gasteiger partial charge in [0.25, 0.3) is 0 Å². The molecule has 1 aromatic rings. The molecule has 0 unspecified atom stereocenters. The second kappa shape index (κ2) is 17.2. The molecule has 0 aliphatic heterocycles. The van der Waals surface area contributed by atoms with Crippen LogP contribution in [0.15, 0.2) is 48.6 Å². The van der Waals surface area contributed by atoms with Crippen molar-refractivity contribution in [2.24, 2.45) is 0 Å². The van der Waals surface area contributed by atoms with Gasteiger partial charge in [-0.1, -0.05) is 35.4 Å². The van der Waals surface area contributed by atoms with E-state index in [0.717, 1.165) is 0 Å². The van der Waals surface area contributed by atoms with E-state index in [4.69, 9.17) is 9.93 Å². The van der Waals surface area contributed by atoms with E-state index in [2.05, 4.69) is 38.1 Å². The third-order valence-corrected chi connectivity index (χ3v) is 2.04. The van der Waals surface area contributed by atoms with E-state index < -0.39 is 0 Å². The Morgan fingerprint density at radius 2 is 0.857 bits per heavy atom. The monoisotopic (exact) mass is 471 g/mol. The summed E-state index contributed by atoms with van der Waals surface area (Å²) in [5.41, 5.74) is 2.66. The van der Waals surface area contributed by atoms with Gasteiger partial charge in [0.05, 0.1) is 0 Å². The Hall–Kier alpha value is -0.815. The summed E-state index contributed by atoms with van der Waals surface area (Å²) in [5.74, 6) is -0.241. The zero-order valence-electron chi connectivity index (χ0n) is 11.4. The van der Waals surface area contributed by atoms with Crippen molar-refractivity contribution in [3.05, 3.63) is 69.6 Å². The van der Waals surface area contributed by atoms with Crippen molar-refractivity contribution >= 4 is 20.0 Å². The third kappa shape index (κ3) is 15.4. The van der Waals surface area contributed by atoms with Crippen LogP contribution in [-0.4, -0.2) is 20.0 Å². The van der Waals surface area contributed by atoms with Crippen molar-refractivity contribution in [3.8, 4) is 0 Å². The largest absolute Gasteiger partial charge is 1.00 e. The first-order valence-electron chi connectivity index (χ1n) is 5.22. The molecule has 0 aromatic heterocycles. The van der Waals surface area contributed by atoms with Gasteiger partial charge in [0.15, 0.2) is 11.6 Å². The summed E-state index contributed by atoms with van der Waals surface area (Å²) in [4.78, 5) is 34.6. The summed E-state index contributed by atoms with van der Waals surface area (Å²) < 4.78 is 0. The molecule has 0 amide bonds. The van der Waals surface area contributed by atoms with Crippen LogP contribution in [0.5, 0.6) is 0 Å². The van der Waals surface area contributed by atoms with Gasteiger partial charge in [-0.05, 0) is 38.2 Å². The van der Waals surface area contributed by atoms with Crippen molar-refractivity contribution in [1.29, 1.82) is 0 Å². The molecule has 7 heteroatoms. The molecule has 4 nitrogen and oxygen atoms in total. The first kappa shape index (κ1) is 28.4. The minimum absolute atomic E-state index is 0. The molecule has 0 atom stereocenters. The van der Waals surface area contributed by atoms with E-state index >= 15 is 0 Å². The molecular weight excluding hydrogens is 459 g/mol. The quantitative estimate of drug-likeness (QED) is 0.429. The molecule has 2 rings (SSSR count). The molecule has 0 spiro atoms. The van der Waals surface area contributed by atoms with Crippen LogP contribution in [0, 0.1) is 23.8 Å². The van der Waals surface area contributed by atoms with Crippen molar-refractivity contribution < 1.29 is 54.3 Å². The van der Waals surface area contributed by atoms with E-state index in [0.29, 0.717) is 0 Å². The van der Waals surface area contributed by atoms with Gasteiger partial charge in [-0.2, -0.15) is 0 Å². The average Bonchev–Trinajstić information content (AvgIpc) is 2.40. The first-order chi connectivity index (χ1) is 8.58. The van der Waals surface area contributed by atoms with Gasteiger partial charge >= 0.3 is 22.4 Å². The van der Waals surface area contributed by atoms with Crippen LogP contribution in [0.2, 0.25) is 0 Å². The Morgan fingerprint density at radius 3 is 1.05 bits per heavy atom. The predicted molar refractivity (Wildman–Crippen MR) is 76.7 cm³/mol. The maximum absolute atomic E-state index is 10.3. The Morgan fingerprint density at radius 1 is 0.667 bits per heavy atom. The Kier molecular flexibility index (Phi) is 23.3. The second-order valence-corrected chi connectivity index (χ2v) is 3.63. The summed E-state index contributed by atoms with van der Waals surface area (Å²) in [5, 5.41) is 0. The molecule has 0 fully saturated rings. The normalized spacial score (nSPS) is 10.4. The molecule has 1 aliphatic rings. The summed E-state index contributed by atoms with van der Waals surface area (Å²) in [7, 11) is 0. The van der Waals surface area contributed by atoms with Crippen LogP contribution in [0.25, 0.3) is 0 Å². The SMILES string of the molecule is Cc1ccc(C)cc1.O=C1C=CC(=O)C=C1.O=O.[Ag+].[Ag].[B]. The zero-order valence-corrected chi connectivity index (χ0v) is 14.4. The molecule has 118 valence electrons. The van der Waals surface area contributed by atoms with E-state index in [-0.39, 0.29) is 64.7 Å². The molecule has 0 saturated carbocycles. The number of allylic oxidation sites excluding steroid dienone is 4. The van der Waals surface area contributed by atoms with Crippen molar-refractivity contribution in [2.45, 2.75) is 13.8 Å². The fourth-order valence-electron chi connectivity index (χ4n) is 1.08. The molecule has 1 aromatic carbocycles. The fourth-order valence-corrected chi connectivity index (χ4v) is 1.08. The fraction of sp³-hybridized carbons (Fsp3) is 0.143. The van der Waals surface area contributed by atoms with Gasteiger partial charge in [-0.3, -0.25) is 9.59 Å². The van der Waals surface area contributed by atoms with Crippen LogP contribution in [-0.2, 0) is 54.3 Å². The number of hydrogen-bond donors (Lipinski definition) is 0. The van der Waals surface area contributed by atoms with Crippen LogP contribution in [0.4, 0.5) is 0 Å². The molecule has 1 aliphatic carbocycles. The Balaban J connectivity index is -0.000000109. The average molecular weight is 473 g/mol. The first-order valence-corrected chi connectivity index (χ1v) is 5.22. The molecule has 4 radical (unpaired) electrons. The number of benzene rings is 1. The van der Waals surface area contributed by atoms with Gasteiger partial charge in [-0.15, -0.1) is 0 Å². The van der Waals surface area contributed by atoms with E-state index in [1.165, 1.54) is 35.4 Å². The van der Waals surface area contributed by atoms with Crippen molar-refractivity contribution in [2.75, 3.05) is 0 Å². The molecule has 0 heterocycles. The van der Waals surface area contributed by atoms with Crippen LogP contribution in [0.3, 0.4) is 0 Å². The number of aryl methyl sites for hydroxylation is 2. The molecular formula is C14H14Ag2BO4+. The Labute approximate surface area is 157 Å². The predicted octanol–water partition coefficient (Wildman–Crippen LogP) is 2.24. The minimum Gasteiger partial charge on any atom is -0.290 e. The maximum atomic E-state index is 10.3. The third-order valence-electron chi connectivity index (χ3n) is 2.04. The number of rotatable bonds is 0. The smallest absolute Gasteiger partial charge is 0.290 e. The molecule has 0 N–H and O–H groups in total. The van der Waals surface area contributed by atoms with Crippen LogP contribution < -0.4 is 0 Å². The van der Waals surface area contributed by atoms with Crippen LogP contribution in [0.1, 0.15) is 11.1 Å². The standard InChI is InChI=1S/C8H10.C6H4O2.2Ag.B.O2/c1-7-3-5-8(2)6-4-7;7-5-1-2-6(8)4-3-5;;;;1-2/h3-6H,1-2H3;1-4H;;;;/q;;;+1;;. The molecule has 0 bridgehead atoms. The number of carbonyl (C=O) groups is 2. The summed E-state index contributed by atoms with van der Waals surface area (Å²) in [6, 6.07) is 8.48. The molecule has 21 heavy (non-hydrogen) atoms. The van der Waals surface area contributed by atoms with Gasteiger partial charge in [0.2, 0.25) is 0 Å². The Bertz CT molecular complexity index is 411. The maximum Gasteiger partial charge on any atom is 1.00 e. The number of hydrogen-bond acceptors (Lipinski definition) is 4. The van der Waals surface area contributed by atoms with Crippen LogP contribution >= 0.6 is 0 Å². The van der Waals surface area contributed by atoms with E-state index in [1.807, 2.05) is 0 Å². The minimum atomic E-state index is -0.121.